The van der Waals surface area contributed by atoms with E-state index in [0.717, 1.165) is 0 Å². The molecule has 19 heavy (non-hydrogen) atoms. The average Bonchev–Trinajstić information content (AvgIpc) is 2.34. The Balaban J connectivity index is 2.54. The van der Waals surface area contributed by atoms with Gasteiger partial charge < -0.3 is 10.6 Å². The van der Waals surface area contributed by atoms with E-state index in [1.54, 1.807) is 12.3 Å². The molecule has 0 fully saturated rings. The van der Waals surface area contributed by atoms with E-state index in [0.29, 0.717) is 17.8 Å². The van der Waals surface area contributed by atoms with E-state index in [2.05, 4.69) is 15.6 Å². The number of carbonyl (C=O) groups excluding carboxylic acids is 1. The highest BCUT2D eigenvalue weighted by atomic mass is 32.2. The lowest BCUT2D eigenvalue weighted by Crippen LogP contribution is -2.28. The van der Waals surface area contributed by atoms with Gasteiger partial charge in [-0.3, -0.25) is 9.78 Å². The Morgan fingerprint density at radius 1 is 1.47 bits per heavy atom. The minimum Gasteiger partial charge on any atom is -0.385 e. The molecule has 0 radical (unpaired) electrons. The minimum absolute atomic E-state index is 0.152. The van der Waals surface area contributed by atoms with Crippen molar-refractivity contribution in [3.05, 3.63) is 24.0 Å². The van der Waals surface area contributed by atoms with Crippen molar-refractivity contribution in [1.82, 2.24) is 10.3 Å². The Morgan fingerprint density at radius 3 is 2.84 bits per heavy atom. The maximum atomic E-state index is 11.9. The third-order valence-corrected chi connectivity index (χ3v) is 3.18. The van der Waals surface area contributed by atoms with Crippen LogP contribution in [0, 0.1) is 0 Å². The van der Waals surface area contributed by atoms with Crippen LogP contribution >= 0.6 is 0 Å². The van der Waals surface area contributed by atoms with Crippen LogP contribution in [0.25, 0.3) is 0 Å². The fraction of sp³-hybridized carbons (Fsp3) is 0.455. The highest BCUT2D eigenvalue weighted by Gasteiger charge is 2.11. The zero-order valence-corrected chi connectivity index (χ0v) is 11.5. The molecule has 0 saturated carbocycles. The molecule has 7 nitrogen and oxygen atoms in total. The van der Waals surface area contributed by atoms with Crippen molar-refractivity contribution in [2.24, 2.45) is 5.14 Å². The summed E-state index contributed by atoms with van der Waals surface area (Å²) in [5.41, 5.74) is 1.13. The molecule has 0 aliphatic heterocycles. The number of nitrogens with zero attached hydrogens (tertiary/aromatic N) is 1. The van der Waals surface area contributed by atoms with Crippen molar-refractivity contribution in [2.75, 3.05) is 24.2 Å². The fourth-order valence-electron chi connectivity index (χ4n) is 1.49. The van der Waals surface area contributed by atoms with Crippen molar-refractivity contribution in [3.63, 3.8) is 0 Å². The molecule has 0 bridgehead atoms. The first kappa shape index (κ1) is 15.4. The summed E-state index contributed by atoms with van der Waals surface area (Å²) in [7, 11) is -3.48. The number of sulfonamides is 1. The van der Waals surface area contributed by atoms with Crippen LogP contribution in [0.15, 0.2) is 18.5 Å². The Bertz CT molecular complexity index is 530. The van der Waals surface area contributed by atoms with E-state index < -0.39 is 10.0 Å². The van der Waals surface area contributed by atoms with E-state index in [4.69, 9.17) is 5.14 Å². The molecule has 1 rings (SSSR count). The number of primary sulfonamides is 1. The van der Waals surface area contributed by atoms with E-state index in [-0.39, 0.29) is 24.6 Å². The molecule has 106 valence electrons. The molecule has 0 saturated heterocycles. The Morgan fingerprint density at radius 2 is 2.21 bits per heavy atom. The molecule has 0 aliphatic rings. The van der Waals surface area contributed by atoms with Crippen LogP contribution in [0.2, 0.25) is 0 Å². The van der Waals surface area contributed by atoms with E-state index in [9.17, 15) is 13.2 Å². The summed E-state index contributed by atoms with van der Waals surface area (Å²) in [5.74, 6) is -0.445. The first-order valence-electron chi connectivity index (χ1n) is 5.90. The lowest BCUT2D eigenvalue weighted by Gasteiger charge is -2.10. The van der Waals surface area contributed by atoms with Crippen LogP contribution in [-0.4, -0.2) is 38.2 Å². The van der Waals surface area contributed by atoms with Gasteiger partial charge in [-0.25, -0.2) is 13.6 Å². The second-order valence-corrected chi connectivity index (χ2v) is 5.66. The summed E-state index contributed by atoms with van der Waals surface area (Å²) in [6.45, 7) is 2.86. The van der Waals surface area contributed by atoms with Crippen LogP contribution in [-0.2, 0) is 10.0 Å². The van der Waals surface area contributed by atoms with Crippen molar-refractivity contribution in [3.8, 4) is 0 Å². The summed E-state index contributed by atoms with van der Waals surface area (Å²) in [6.07, 6.45) is 3.34. The van der Waals surface area contributed by atoms with Gasteiger partial charge in [0.2, 0.25) is 10.0 Å². The SMILES string of the molecule is CCNc1ccncc1C(=O)NCCCS(N)(=O)=O. The van der Waals surface area contributed by atoms with Crippen LogP contribution < -0.4 is 15.8 Å². The van der Waals surface area contributed by atoms with Gasteiger partial charge in [0.25, 0.3) is 5.91 Å². The average molecular weight is 286 g/mol. The van der Waals surface area contributed by atoms with Crippen LogP contribution in [0.5, 0.6) is 0 Å². The monoisotopic (exact) mass is 286 g/mol. The Labute approximate surface area is 112 Å². The van der Waals surface area contributed by atoms with Crippen LogP contribution in [0.3, 0.4) is 0 Å². The number of hydrogen-bond acceptors (Lipinski definition) is 5. The number of nitrogens with one attached hydrogen (secondary N) is 2. The summed E-state index contributed by atoms with van der Waals surface area (Å²) in [4.78, 5) is 15.8. The third-order valence-electron chi connectivity index (χ3n) is 2.32. The molecule has 4 N–H and O–H groups in total. The highest BCUT2D eigenvalue weighted by Crippen LogP contribution is 2.12. The lowest BCUT2D eigenvalue weighted by atomic mass is 10.2. The number of pyridine rings is 1. The van der Waals surface area contributed by atoms with Gasteiger partial charge in [-0.05, 0) is 19.4 Å². The molecule has 0 spiro atoms. The second-order valence-electron chi connectivity index (χ2n) is 3.93. The third kappa shape index (κ3) is 5.66. The van der Waals surface area contributed by atoms with Gasteiger partial charge in [-0.15, -0.1) is 0 Å². The largest absolute Gasteiger partial charge is 0.385 e. The topological polar surface area (TPSA) is 114 Å². The predicted molar refractivity (Wildman–Crippen MR) is 73.3 cm³/mol. The summed E-state index contributed by atoms with van der Waals surface area (Å²) in [6, 6.07) is 1.71. The van der Waals surface area contributed by atoms with Crippen LogP contribution in [0.1, 0.15) is 23.7 Å². The summed E-state index contributed by atoms with van der Waals surface area (Å²) < 4.78 is 21.5. The van der Waals surface area contributed by atoms with Gasteiger partial charge in [0, 0.05) is 25.5 Å². The molecule has 1 heterocycles. The van der Waals surface area contributed by atoms with Crippen molar-refractivity contribution < 1.29 is 13.2 Å². The molecule has 1 amide bonds. The smallest absolute Gasteiger partial charge is 0.254 e. The number of carbonyl (C=O) groups is 1. The number of anilines is 1. The Hall–Kier alpha value is -1.67. The standard InChI is InChI=1S/C11H18N4O3S/c1-2-14-10-4-6-13-8-9(10)11(16)15-5-3-7-19(12,17)18/h4,6,8H,2-3,5,7H2,1H3,(H,13,14)(H,15,16)(H2,12,17,18). The first-order valence-corrected chi connectivity index (χ1v) is 7.62. The maximum absolute atomic E-state index is 11.9. The molecule has 8 heteroatoms. The zero-order valence-electron chi connectivity index (χ0n) is 10.7. The number of rotatable bonds is 7. The quantitative estimate of drug-likeness (QED) is 0.607. The van der Waals surface area contributed by atoms with Gasteiger partial charge in [-0.2, -0.15) is 0 Å². The van der Waals surface area contributed by atoms with E-state index >= 15 is 0 Å². The Kier molecular flexibility index (Phi) is 5.71. The van der Waals surface area contributed by atoms with E-state index in [1.807, 2.05) is 6.92 Å². The fourth-order valence-corrected chi connectivity index (χ4v) is 2.04. The van der Waals surface area contributed by atoms with Crippen molar-refractivity contribution in [1.29, 1.82) is 0 Å². The second kappa shape index (κ2) is 7.05. The molecule has 1 aromatic rings. The number of hydrogen-bond donors (Lipinski definition) is 3. The van der Waals surface area contributed by atoms with Crippen molar-refractivity contribution >= 4 is 21.6 Å². The highest BCUT2D eigenvalue weighted by molar-refractivity contribution is 7.89. The first-order chi connectivity index (χ1) is 8.94. The number of aromatic nitrogens is 1. The minimum atomic E-state index is -3.48. The van der Waals surface area contributed by atoms with Gasteiger partial charge in [0.15, 0.2) is 0 Å². The molecule has 0 unspecified atom stereocenters. The summed E-state index contributed by atoms with van der Waals surface area (Å²) >= 11 is 0. The molecule has 0 aromatic carbocycles. The van der Waals surface area contributed by atoms with Gasteiger partial charge in [0.1, 0.15) is 0 Å². The van der Waals surface area contributed by atoms with Gasteiger partial charge in [0.05, 0.1) is 17.0 Å². The summed E-state index contributed by atoms with van der Waals surface area (Å²) in [5, 5.41) is 10.6. The molecule has 0 atom stereocenters. The maximum Gasteiger partial charge on any atom is 0.254 e. The predicted octanol–water partition coefficient (Wildman–Crippen LogP) is -0.0782. The molecule has 0 aliphatic carbocycles. The molecular weight excluding hydrogens is 268 g/mol. The molecular formula is C11H18N4O3S. The van der Waals surface area contributed by atoms with Crippen molar-refractivity contribution in [2.45, 2.75) is 13.3 Å². The number of amides is 1. The van der Waals surface area contributed by atoms with Crippen LogP contribution in [0.4, 0.5) is 5.69 Å². The normalized spacial score (nSPS) is 11.1. The lowest BCUT2D eigenvalue weighted by molar-refractivity contribution is 0.0954. The van der Waals surface area contributed by atoms with Gasteiger partial charge >= 0.3 is 0 Å². The number of nitrogens with two attached hydrogens (primary N) is 1. The van der Waals surface area contributed by atoms with Gasteiger partial charge in [-0.1, -0.05) is 0 Å². The molecule has 1 aromatic heterocycles. The van der Waals surface area contributed by atoms with E-state index in [1.165, 1.54) is 6.20 Å². The zero-order chi connectivity index (χ0) is 14.3.